The van der Waals surface area contributed by atoms with E-state index >= 15 is 0 Å². The van der Waals surface area contributed by atoms with Gasteiger partial charge >= 0.3 is 0 Å². The van der Waals surface area contributed by atoms with Crippen LogP contribution in [0.25, 0.3) is 0 Å². The third kappa shape index (κ3) is 7.24. The van der Waals surface area contributed by atoms with Crippen molar-refractivity contribution in [2.24, 2.45) is 5.10 Å². The van der Waals surface area contributed by atoms with Gasteiger partial charge in [0.2, 0.25) is 0 Å². The molecule has 2 aliphatic heterocycles. The second-order valence-electron chi connectivity index (χ2n) is 11.0. The lowest BCUT2D eigenvalue weighted by atomic mass is 9.99. The van der Waals surface area contributed by atoms with Gasteiger partial charge in [0.1, 0.15) is 5.00 Å². The van der Waals surface area contributed by atoms with Crippen LogP contribution in [0.15, 0.2) is 59.0 Å². The fourth-order valence-electron chi connectivity index (χ4n) is 5.66. The molecule has 2 aliphatic rings. The van der Waals surface area contributed by atoms with Gasteiger partial charge in [-0.2, -0.15) is 5.10 Å². The van der Waals surface area contributed by atoms with Crippen LogP contribution < -0.4 is 10.7 Å². The van der Waals surface area contributed by atoms with E-state index in [4.69, 9.17) is 0 Å². The van der Waals surface area contributed by atoms with Gasteiger partial charge in [-0.3, -0.25) is 14.5 Å². The first-order chi connectivity index (χ1) is 19.5. The van der Waals surface area contributed by atoms with E-state index in [-0.39, 0.29) is 11.8 Å². The van der Waals surface area contributed by atoms with Gasteiger partial charge in [-0.1, -0.05) is 48.4 Å². The standard InChI is InChI=1S/C32H39N5O2S/c1-23-9-11-25(12-10-23)20-33-35-31(39)29-24(2)22-40-32(29)34-30(38)27-8-6-7-26(19-27)21-36-17-13-28(14-18-36)37-15-4-3-5-16-37/h6-12,19-20,22,28H,3-5,13-18,21H2,1-2H3,(H,34,38)(H,35,39). The van der Waals surface area contributed by atoms with Crippen molar-refractivity contribution in [3.05, 3.63) is 87.3 Å². The maximum Gasteiger partial charge on any atom is 0.274 e. The van der Waals surface area contributed by atoms with E-state index in [1.54, 1.807) is 6.21 Å². The first-order valence-electron chi connectivity index (χ1n) is 14.3. The Balaban J connectivity index is 1.17. The van der Waals surface area contributed by atoms with Crippen molar-refractivity contribution < 1.29 is 9.59 Å². The van der Waals surface area contributed by atoms with Crippen LogP contribution in [0.5, 0.6) is 0 Å². The summed E-state index contributed by atoms with van der Waals surface area (Å²) in [5, 5.41) is 9.47. The topological polar surface area (TPSA) is 77.0 Å². The van der Waals surface area contributed by atoms with Crippen LogP contribution in [-0.4, -0.2) is 60.0 Å². The monoisotopic (exact) mass is 557 g/mol. The number of aryl methyl sites for hydroxylation is 2. The summed E-state index contributed by atoms with van der Waals surface area (Å²) in [6, 6.07) is 16.4. The van der Waals surface area contributed by atoms with Crippen LogP contribution in [0.1, 0.15) is 75.1 Å². The van der Waals surface area contributed by atoms with Gasteiger partial charge in [-0.05, 0) is 99.9 Å². The summed E-state index contributed by atoms with van der Waals surface area (Å²) >= 11 is 1.35. The van der Waals surface area contributed by atoms with Crippen LogP contribution in [0, 0.1) is 13.8 Å². The Labute approximate surface area is 241 Å². The van der Waals surface area contributed by atoms with E-state index in [0.717, 1.165) is 47.9 Å². The van der Waals surface area contributed by atoms with Gasteiger partial charge in [0.15, 0.2) is 0 Å². The lowest BCUT2D eigenvalue weighted by molar-refractivity contribution is 0.0896. The summed E-state index contributed by atoms with van der Waals surface area (Å²) in [5.41, 5.74) is 7.62. The maximum atomic E-state index is 13.2. The van der Waals surface area contributed by atoms with Gasteiger partial charge in [0.05, 0.1) is 11.8 Å². The number of hydrazone groups is 1. The van der Waals surface area contributed by atoms with Crippen molar-refractivity contribution in [1.82, 2.24) is 15.2 Å². The first-order valence-corrected chi connectivity index (χ1v) is 15.2. The number of likely N-dealkylation sites (tertiary alicyclic amines) is 2. The zero-order valence-electron chi connectivity index (χ0n) is 23.5. The van der Waals surface area contributed by atoms with E-state index in [2.05, 4.69) is 31.7 Å². The molecule has 8 heteroatoms. The highest BCUT2D eigenvalue weighted by Crippen LogP contribution is 2.28. The third-order valence-electron chi connectivity index (χ3n) is 7.95. The predicted molar refractivity (Wildman–Crippen MR) is 163 cm³/mol. The normalized spacial score (nSPS) is 17.2. The van der Waals surface area contributed by atoms with Gasteiger partial charge < -0.3 is 10.2 Å². The summed E-state index contributed by atoms with van der Waals surface area (Å²) in [6.45, 7) is 9.44. The molecule has 2 fully saturated rings. The minimum absolute atomic E-state index is 0.218. The molecule has 0 spiro atoms. The van der Waals surface area contributed by atoms with Gasteiger partial charge in [0, 0.05) is 18.2 Å². The van der Waals surface area contributed by atoms with Crippen LogP contribution in [-0.2, 0) is 6.54 Å². The molecule has 2 aromatic carbocycles. The molecule has 40 heavy (non-hydrogen) atoms. The zero-order chi connectivity index (χ0) is 27.9. The first kappa shape index (κ1) is 28.2. The smallest absolute Gasteiger partial charge is 0.274 e. The Morgan fingerprint density at radius 3 is 2.48 bits per heavy atom. The van der Waals surface area contributed by atoms with E-state index in [1.807, 2.05) is 61.7 Å². The Hall–Kier alpha value is -3.33. The van der Waals surface area contributed by atoms with Crippen molar-refractivity contribution >= 4 is 34.4 Å². The molecule has 0 aliphatic carbocycles. The summed E-state index contributed by atoms with van der Waals surface area (Å²) in [6.07, 6.45) is 8.11. The van der Waals surface area contributed by atoms with Crippen LogP contribution in [0.4, 0.5) is 5.00 Å². The number of hydrogen-bond donors (Lipinski definition) is 2. The van der Waals surface area contributed by atoms with Gasteiger partial charge in [-0.25, -0.2) is 5.43 Å². The van der Waals surface area contributed by atoms with Crippen molar-refractivity contribution in [2.75, 3.05) is 31.5 Å². The van der Waals surface area contributed by atoms with Crippen molar-refractivity contribution in [3.8, 4) is 0 Å². The highest BCUT2D eigenvalue weighted by Gasteiger charge is 2.25. The second kappa shape index (κ2) is 13.4. The molecule has 5 rings (SSSR count). The SMILES string of the molecule is Cc1ccc(C=NNC(=O)c2c(C)csc2NC(=O)c2cccc(CN3CCC(N4CCCCC4)CC3)c2)cc1. The number of nitrogens with zero attached hydrogens (tertiary/aromatic N) is 3. The molecule has 3 heterocycles. The maximum absolute atomic E-state index is 13.2. The Bertz CT molecular complexity index is 1340. The molecule has 0 atom stereocenters. The fraction of sp³-hybridized carbons (Fsp3) is 0.406. The van der Waals surface area contributed by atoms with Crippen LogP contribution in [0.2, 0.25) is 0 Å². The lowest BCUT2D eigenvalue weighted by Crippen LogP contribution is -2.46. The summed E-state index contributed by atoms with van der Waals surface area (Å²) in [7, 11) is 0. The Morgan fingerprint density at radius 1 is 0.975 bits per heavy atom. The average molecular weight is 558 g/mol. The number of carbonyl (C=O) groups is 2. The quantitative estimate of drug-likeness (QED) is 0.270. The number of thiophene rings is 1. The Kier molecular flexibility index (Phi) is 9.41. The number of piperidine rings is 2. The van der Waals surface area contributed by atoms with E-state index < -0.39 is 0 Å². The highest BCUT2D eigenvalue weighted by atomic mass is 32.1. The minimum atomic E-state index is -0.348. The van der Waals surface area contributed by atoms with Crippen LogP contribution in [0.3, 0.4) is 0 Å². The molecule has 2 N–H and O–H groups in total. The number of amides is 2. The molecule has 1 aromatic heterocycles. The number of anilines is 1. The number of rotatable bonds is 8. The number of benzene rings is 2. The highest BCUT2D eigenvalue weighted by molar-refractivity contribution is 7.15. The van der Waals surface area contributed by atoms with Crippen molar-refractivity contribution in [3.63, 3.8) is 0 Å². The molecule has 2 saturated heterocycles. The molecule has 7 nitrogen and oxygen atoms in total. The molecule has 0 unspecified atom stereocenters. The molecule has 0 saturated carbocycles. The predicted octanol–water partition coefficient (Wildman–Crippen LogP) is 5.83. The molecular weight excluding hydrogens is 518 g/mol. The van der Waals surface area contributed by atoms with Gasteiger partial charge in [0.25, 0.3) is 11.8 Å². The molecule has 3 aromatic rings. The lowest BCUT2D eigenvalue weighted by Gasteiger charge is -2.40. The number of nitrogens with one attached hydrogen (secondary N) is 2. The van der Waals surface area contributed by atoms with Crippen molar-refractivity contribution in [2.45, 2.75) is 58.5 Å². The van der Waals surface area contributed by atoms with E-state index in [0.29, 0.717) is 16.1 Å². The molecule has 2 amide bonds. The van der Waals surface area contributed by atoms with E-state index in [9.17, 15) is 9.59 Å². The fourth-order valence-corrected chi connectivity index (χ4v) is 6.60. The third-order valence-corrected chi connectivity index (χ3v) is 8.96. The van der Waals surface area contributed by atoms with Crippen molar-refractivity contribution in [1.29, 1.82) is 0 Å². The molecule has 0 radical (unpaired) electrons. The summed E-state index contributed by atoms with van der Waals surface area (Å²) in [5.74, 6) is -0.566. The average Bonchev–Trinajstić information content (AvgIpc) is 3.34. The zero-order valence-corrected chi connectivity index (χ0v) is 24.3. The van der Waals surface area contributed by atoms with Gasteiger partial charge in [-0.15, -0.1) is 11.3 Å². The molecular formula is C32H39N5O2S. The number of hydrogen-bond acceptors (Lipinski definition) is 6. The summed E-state index contributed by atoms with van der Waals surface area (Å²) in [4.78, 5) is 31.3. The Morgan fingerprint density at radius 2 is 1.73 bits per heavy atom. The molecule has 0 bridgehead atoms. The van der Waals surface area contributed by atoms with Crippen LogP contribution >= 0.6 is 11.3 Å². The van der Waals surface area contributed by atoms with E-state index in [1.165, 1.54) is 56.5 Å². The second-order valence-corrected chi connectivity index (χ2v) is 11.9. The summed E-state index contributed by atoms with van der Waals surface area (Å²) < 4.78 is 0. The minimum Gasteiger partial charge on any atom is -0.313 e. The molecule has 210 valence electrons. The number of carbonyl (C=O) groups excluding carboxylic acids is 2. The largest absolute Gasteiger partial charge is 0.313 e.